The first kappa shape index (κ1) is 14.4. The van der Waals surface area contributed by atoms with Gasteiger partial charge in [-0.2, -0.15) is 0 Å². The van der Waals surface area contributed by atoms with Crippen molar-refractivity contribution in [3.05, 3.63) is 71.3 Å². The lowest BCUT2D eigenvalue weighted by molar-refractivity contribution is -0.119. The summed E-state index contributed by atoms with van der Waals surface area (Å²) in [4.78, 5) is 11.8. The molecule has 3 heteroatoms. The number of carbonyl (C=O) groups excluding carboxylic acids is 1. The molecule has 0 N–H and O–H groups in total. The van der Waals surface area contributed by atoms with E-state index < -0.39 is 0 Å². The number of rotatable bonds is 6. The molecule has 0 heterocycles. The van der Waals surface area contributed by atoms with Gasteiger partial charge in [0.2, 0.25) is 0 Å². The summed E-state index contributed by atoms with van der Waals surface area (Å²) in [5, 5.41) is 0. The fraction of sp³-hybridized carbons (Fsp3) is 0.235. The fourth-order valence-corrected chi connectivity index (χ4v) is 1.99. The lowest BCUT2D eigenvalue weighted by Crippen LogP contribution is -2.02. The number of aryl methyl sites for hydroxylation is 2. The average Bonchev–Trinajstić information content (AvgIpc) is 2.46. The van der Waals surface area contributed by atoms with Crippen LogP contribution in [0.3, 0.4) is 0 Å². The Kier molecular flexibility index (Phi) is 4.99. The van der Waals surface area contributed by atoms with Crippen LogP contribution in [0.1, 0.15) is 24.0 Å². The van der Waals surface area contributed by atoms with Gasteiger partial charge in [-0.25, -0.2) is 8.78 Å². The normalized spacial score (nSPS) is 10.5. The third-order valence-electron chi connectivity index (χ3n) is 3.21. The first-order chi connectivity index (χ1) is 9.63. The highest BCUT2D eigenvalue weighted by Gasteiger charge is 2.04. The molecule has 0 unspecified atom stereocenters. The highest BCUT2D eigenvalue weighted by Crippen LogP contribution is 2.09. The van der Waals surface area contributed by atoms with E-state index in [0.717, 1.165) is 11.1 Å². The second-order valence-electron chi connectivity index (χ2n) is 4.79. The second-order valence-corrected chi connectivity index (χ2v) is 4.79. The topological polar surface area (TPSA) is 17.1 Å². The van der Waals surface area contributed by atoms with Crippen molar-refractivity contribution in [2.75, 3.05) is 0 Å². The molecular formula is C17H16F2O. The van der Waals surface area contributed by atoms with Crippen molar-refractivity contribution in [2.45, 2.75) is 25.7 Å². The molecule has 0 aromatic heterocycles. The Hall–Kier alpha value is -2.03. The maximum Gasteiger partial charge on any atom is 0.133 e. The third-order valence-corrected chi connectivity index (χ3v) is 3.21. The van der Waals surface area contributed by atoms with Crippen molar-refractivity contribution in [1.82, 2.24) is 0 Å². The van der Waals surface area contributed by atoms with E-state index in [1.807, 2.05) is 0 Å². The highest BCUT2D eigenvalue weighted by atomic mass is 19.1. The van der Waals surface area contributed by atoms with E-state index in [2.05, 4.69) is 0 Å². The number of hydrogen-bond donors (Lipinski definition) is 0. The van der Waals surface area contributed by atoms with Crippen LogP contribution < -0.4 is 0 Å². The molecule has 0 radical (unpaired) electrons. The zero-order chi connectivity index (χ0) is 14.4. The van der Waals surface area contributed by atoms with Crippen LogP contribution in [-0.4, -0.2) is 5.78 Å². The Balaban J connectivity index is 1.75. The minimum atomic E-state index is -0.267. The molecule has 0 aliphatic rings. The smallest absolute Gasteiger partial charge is 0.133 e. The number of benzene rings is 2. The maximum atomic E-state index is 12.7. The summed E-state index contributed by atoms with van der Waals surface area (Å²) in [5.74, 6) is -0.369. The van der Waals surface area contributed by atoms with Crippen LogP contribution in [0.5, 0.6) is 0 Å². The average molecular weight is 274 g/mol. The molecule has 0 aliphatic carbocycles. The molecule has 0 fully saturated rings. The summed E-state index contributed by atoms with van der Waals surface area (Å²) >= 11 is 0. The number of hydrogen-bond acceptors (Lipinski definition) is 1. The summed E-state index contributed by atoms with van der Waals surface area (Å²) < 4.78 is 25.5. The van der Waals surface area contributed by atoms with E-state index in [0.29, 0.717) is 25.7 Å². The molecular weight excluding hydrogens is 258 g/mol. The number of halogens is 2. The van der Waals surface area contributed by atoms with Gasteiger partial charge in [0, 0.05) is 12.8 Å². The summed E-state index contributed by atoms with van der Waals surface area (Å²) in [6.07, 6.45) is 2.16. The molecule has 1 nitrogen and oxygen atoms in total. The van der Waals surface area contributed by atoms with Gasteiger partial charge in [-0.1, -0.05) is 24.3 Å². The van der Waals surface area contributed by atoms with Gasteiger partial charge in [-0.05, 0) is 48.2 Å². The first-order valence-corrected chi connectivity index (χ1v) is 6.64. The predicted octanol–water partition coefficient (Wildman–Crippen LogP) is 4.10. The van der Waals surface area contributed by atoms with Crippen LogP contribution in [0.4, 0.5) is 8.78 Å². The molecule has 2 aromatic carbocycles. The number of ketones is 1. The van der Waals surface area contributed by atoms with Crippen LogP contribution in [0.25, 0.3) is 0 Å². The number of carbonyl (C=O) groups is 1. The van der Waals surface area contributed by atoms with E-state index >= 15 is 0 Å². The van der Waals surface area contributed by atoms with Gasteiger partial charge in [0.25, 0.3) is 0 Å². The monoisotopic (exact) mass is 274 g/mol. The van der Waals surface area contributed by atoms with Crippen molar-refractivity contribution in [3.63, 3.8) is 0 Å². The Morgan fingerprint density at radius 3 is 1.40 bits per heavy atom. The van der Waals surface area contributed by atoms with Crippen molar-refractivity contribution >= 4 is 5.78 Å². The zero-order valence-electron chi connectivity index (χ0n) is 11.1. The van der Waals surface area contributed by atoms with E-state index in [-0.39, 0.29) is 17.4 Å². The van der Waals surface area contributed by atoms with Crippen LogP contribution in [-0.2, 0) is 17.6 Å². The molecule has 2 aromatic rings. The minimum absolute atomic E-state index is 0.165. The summed E-state index contributed by atoms with van der Waals surface area (Å²) in [6, 6.07) is 12.4. The van der Waals surface area contributed by atoms with Gasteiger partial charge in [-0.15, -0.1) is 0 Å². The van der Waals surface area contributed by atoms with Crippen molar-refractivity contribution in [2.24, 2.45) is 0 Å². The van der Waals surface area contributed by atoms with Gasteiger partial charge >= 0.3 is 0 Å². The molecule has 0 saturated carbocycles. The van der Waals surface area contributed by atoms with E-state index in [9.17, 15) is 13.6 Å². The molecule has 0 bridgehead atoms. The summed E-state index contributed by atoms with van der Waals surface area (Å²) in [7, 11) is 0. The van der Waals surface area contributed by atoms with Crippen molar-refractivity contribution in [3.8, 4) is 0 Å². The lowest BCUT2D eigenvalue weighted by atomic mass is 10.0. The van der Waals surface area contributed by atoms with E-state index in [1.165, 1.54) is 24.3 Å². The molecule has 0 spiro atoms. The Labute approximate surface area is 117 Å². The summed E-state index contributed by atoms with van der Waals surface area (Å²) in [5.41, 5.74) is 1.92. The van der Waals surface area contributed by atoms with Gasteiger partial charge in [0.1, 0.15) is 17.4 Å². The zero-order valence-corrected chi connectivity index (χ0v) is 11.1. The standard InChI is InChI=1S/C17H16F2O/c18-15-7-1-13(2-8-15)5-11-17(20)12-6-14-3-9-16(19)10-4-14/h1-4,7-10H,5-6,11-12H2. The molecule has 0 saturated heterocycles. The molecule has 0 atom stereocenters. The molecule has 2 rings (SSSR count). The number of Topliss-reactive ketones (excluding diaryl/α,β-unsaturated/α-hetero) is 1. The van der Waals surface area contributed by atoms with Gasteiger partial charge < -0.3 is 0 Å². The largest absolute Gasteiger partial charge is 0.300 e. The van der Waals surface area contributed by atoms with Crippen LogP contribution in [0, 0.1) is 11.6 Å². The Bertz CT molecular complexity index is 507. The summed E-state index contributed by atoms with van der Waals surface area (Å²) in [6.45, 7) is 0. The van der Waals surface area contributed by atoms with Gasteiger partial charge in [0.15, 0.2) is 0 Å². The maximum absolute atomic E-state index is 12.7. The van der Waals surface area contributed by atoms with Gasteiger partial charge in [0.05, 0.1) is 0 Å². The van der Waals surface area contributed by atoms with E-state index in [4.69, 9.17) is 0 Å². The molecule has 0 amide bonds. The molecule has 0 aliphatic heterocycles. The van der Waals surface area contributed by atoms with Crippen LogP contribution in [0.2, 0.25) is 0 Å². The lowest BCUT2D eigenvalue weighted by Gasteiger charge is -2.03. The SMILES string of the molecule is O=C(CCc1ccc(F)cc1)CCc1ccc(F)cc1. The van der Waals surface area contributed by atoms with Crippen molar-refractivity contribution in [1.29, 1.82) is 0 Å². The van der Waals surface area contributed by atoms with Crippen LogP contribution >= 0.6 is 0 Å². The third kappa shape index (κ3) is 4.57. The molecule has 20 heavy (non-hydrogen) atoms. The van der Waals surface area contributed by atoms with Gasteiger partial charge in [-0.3, -0.25) is 4.79 Å². The van der Waals surface area contributed by atoms with Crippen LogP contribution in [0.15, 0.2) is 48.5 Å². The van der Waals surface area contributed by atoms with E-state index in [1.54, 1.807) is 24.3 Å². The second kappa shape index (κ2) is 6.94. The highest BCUT2D eigenvalue weighted by molar-refractivity contribution is 5.78. The van der Waals surface area contributed by atoms with Crippen molar-refractivity contribution < 1.29 is 13.6 Å². The minimum Gasteiger partial charge on any atom is -0.300 e. The Morgan fingerprint density at radius 1 is 0.700 bits per heavy atom. The quantitative estimate of drug-likeness (QED) is 0.775. The predicted molar refractivity (Wildman–Crippen MR) is 74.4 cm³/mol. The molecule has 104 valence electrons. The fourth-order valence-electron chi connectivity index (χ4n) is 1.99. The Morgan fingerprint density at radius 2 is 1.05 bits per heavy atom. The first-order valence-electron chi connectivity index (χ1n) is 6.64.